The maximum atomic E-state index is 6.23. The zero-order valence-electron chi connectivity index (χ0n) is 10.5. The number of benzene rings is 2. The second kappa shape index (κ2) is 4.13. The number of nitrogen functional groups attached to an aromatic ring is 2. The van der Waals surface area contributed by atoms with E-state index in [1.165, 1.54) is 0 Å². The lowest BCUT2D eigenvalue weighted by molar-refractivity contribution is 1.31. The fraction of sp³-hybridized carbons (Fsp3) is 0.200. The molecule has 2 aromatic carbocycles. The zero-order valence-corrected chi connectivity index (χ0v) is 10.5. The molecule has 0 radical (unpaired) electrons. The van der Waals surface area contributed by atoms with Gasteiger partial charge in [-0.05, 0) is 43.0 Å². The Morgan fingerprint density at radius 1 is 0.706 bits per heavy atom. The molecule has 2 nitrogen and oxygen atoms in total. The summed E-state index contributed by atoms with van der Waals surface area (Å²) in [6.45, 7) is 6.07. The van der Waals surface area contributed by atoms with Gasteiger partial charge < -0.3 is 11.5 Å². The molecule has 17 heavy (non-hydrogen) atoms. The van der Waals surface area contributed by atoms with Gasteiger partial charge in [-0.2, -0.15) is 0 Å². The predicted molar refractivity (Wildman–Crippen MR) is 74.9 cm³/mol. The molecular formula is C15H18N2. The van der Waals surface area contributed by atoms with Gasteiger partial charge in [0.15, 0.2) is 0 Å². The van der Waals surface area contributed by atoms with Crippen LogP contribution in [0.25, 0.3) is 11.1 Å². The van der Waals surface area contributed by atoms with Crippen LogP contribution in [0.5, 0.6) is 0 Å². The number of hydrogen-bond donors (Lipinski definition) is 2. The molecule has 4 N–H and O–H groups in total. The highest BCUT2D eigenvalue weighted by Gasteiger charge is 2.14. The first-order chi connectivity index (χ1) is 8.04. The van der Waals surface area contributed by atoms with Gasteiger partial charge in [0.05, 0.1) is 0 Å². The van der Waals surface area contributed by atoms with Gasteiger partial charge in [0, 0.05) is 16.9 Å². The molecule has 2 heteroatoms. The Bertz CT molecular complexity index is 528. The first-order valence-corrected chi connectivity index (χ1v) is 5.74. The van der Waals surface area contributed by atoms with Crippen molar-refractivity contribution in [3.8, 4) is 11.1 Å². The zero-order chi connectivity index (χ0) is 12.6. The molecule has 0 aliphatic carbocycles. The Kier molecular flexibility index (Phi) is 2.80. The molecule has 88 valence electrons. The van der Waals surface area contributed by atoms with E-state index in [1.807, 2.05) is 39.0 Å². The summed E-state index contributed by atoms with van der Waals surface area (Å²) >= 11 is 0. The van der Waals surface area contributed by atoms with Crippen LogP contribution in [0.2, 0.25) is 0 Å². The normalized spacial score (nSPS) is 10.5. The van der Waals surface area contributed by atoms with Crippen molar-refractivity contribution in [3.05, 3.63) is 47.0 Å². The van der Waals surface area contributed by atoms with Crippen LogP contribution in [0.3, 0.4) is 0 Å². The first kappa shape index (κ1) is 11.5. The summed E-state index contributed by atoms with van der Waals surface area (Å²) in [7, 11) is 0. The highest BCUT2D eigenvalue weighted by Crippen LogP contribution is 2.37. The molecule has 0 unspecified atom stereocenters. The van der Waals surface area contributed by atoms with Gasteiger partial charge in [-0.3, -0.25) is 0 Å². The first-order valence-electron chi connectivity index (χ1n) is 5.74. The molecule has 0 spiro atoms. The van der Waals surface area contributed by atoms with Crippen LogP contribution in [0, 0.1) is 20.8 Å². The molecule has 0 fully saturated rings. The summed E-state index contributed by atoms with van der Waals surface area (Å²) < 4.78 is 0. The standard InChI is InChI=1S/C15H18N2/c1-9-10(2)15(17)13(11(3)14(9)16)12-7-5-4-6-8-12/h4-8H,16-17H2,1-3H3. The van der Waals surface area contributed by atoms with Crippen LogP contribution in [0.15, 0.2) is 30.3 Å². The van der Waals surface area contributed by atoms with E-state index in [1.54, 1.807) is 0 Å². The fourth-order valence-electron chi connectivity index (χ4n) is 2.19. The molecule has 0 atom stereocenters. The van der Waals surface area contributed by atoms with Crippen molar-refractivity contribution in [2.75, 3.05) is 11.5 Å². The van der Waals surface area contributed by atoms with E-state index < -0.39 is 0 Å². The van der Waals surface area contributed by atoms with Crippen molar-refractivity contribution >= 4 is 11.4 Å². The minimum absolute atomic E-state index is 0.834. The van der Waals surface area contributed by atoms with Crippen molar-refractivity contribution < 1.29 is 0 Å². The summed E-state index contributed by atoms with van der Waals surface area (Å²) in [5.74, 6) is 0. The Hall–Kier alpha value is -1.96. The lowest BCUT2D eigenvalue weighted by Gasteiger charge is -2.18. The predicted octanol–water partition coefficient (Wildman–Crippen LogP) is 3.44. The molecule has 0 amide bonds. The third-order valence-electron chi connectivity index (χ3n) is 3.48. The van der Waals surface area contributed by atoms with Crippen LogP contribution in [0.4, 0.5) is 11.4 Å². The highest BCUT2D eigenvalue weighted by molar-refractivity contribution is 5.87. The quantitative estimate of drug-likeness (QED) is 0.732. The summed E-state index contributed by atoms with van der Waals surface area (Å²) in [5.41, 5.74) is 19.4. The molecule has 2 aromatic rings. The van der Waals surface area contributed by atoms with E-state index in [0.29, 0.717) is 0 Å². The van der Waals surface area contributed by atoms with Gasteiger partial charge in [0.2, 0.25) is 0 Å². The SMILES string of the molecule is Cc1c(C)c(N)c(-c2ccccc2)c(C)c1N. The molecule has 0 heterocycles. The van der Waals surface area contributed by atoms with Crippen LogP contribution >= 0.6 is 0 Å². The van der Waals surface area contributed by atoms with E-state index >= 15 is 0 Å². The Morgan fingerprint density at radius 3 is 1.82 bits per heavy atom. The second-order valence-electron chi connectivity index (χ2n) is 4.44. The highest BCUT2D eigenvalue weighted by atomic mass is 14.6. The van der Waals surface area contributed by atoms with Crippen molar-refractivity contribution in [2.24, 2.45) is 0 Å². The van der Waals surface area contributed by atoms with Gasteiger partial charge in [-0.15, -0.1) is 0 Å². The van der Waals surface area contributed by atoms with Gasteiger partial charge in [-0.25, -0.2) is 0 Å². The lowest BCUT2D eigenvalue weighted by Crippen LogP contribution is -2.04. The largest absolute Gasteiger partial charge is 0.398 e. The summed E-state index contributed by atoms with van der Waals surface area (Å²) in [5, 5.41) is 0. The number of hydrogen-bond acceptors (Lipinski definition) is 2. The van der Waals surface area contributed by atoms with Gasteiger partial charge in [0.25, 0.3) is 0 Å². The molecule has 0 aliphatic rings. The monoisotopic (exact) mass is 226 g/mol. The Balaban J connectivity index is 2.80. The Morgan fingerprint density at radius 2 is 1.24 bits per heavy atom. The van der Waals surface area contributed by atoms with E-state index in [4.69, 9.17) is 11.5 Å². The topological polar surface area (TPSA) is 52.0 Å². The van der Waals surface area contributed by atoms with Crippen LogP contribution in [0.1, 0.15) is 16.7 Å². The van der Waals surface area contributed by atoms with Crippen LogP contribution in [-0.2, 0) is 0 Å². The average molecular weight is 226 g/mol. The van der Waals surface area contributed by atoms with Crippen molar-refractivity contribution in [1.29, 1.82) is 0 Å². The van der Waals surface area contributed by atoms with E-state index in [-0.39, 0.29) is 0 Å². The summed E-state index contributed by atoms with van der Waals surface area (Å²) in [4.78, 5) is 0. The molecule has 0 saturated carbocycles. The number of nitrogens with two attached hydrogens (primary N) is 2. The molecule has 0 aromatic heterocycles. The van der Waals surface area contributed by atoms with Gasteiger partial charge >= 0.3 is 0 Å². The molecule has 2 rings (SSSR count). The molecular weight excluding hydrogens is 208 g/mol. The third kappa shape index (κ3) is 1.76. The van der Waals surface area contributed by atoms with E-state index in [0.717, 1.165) is 39.2 Å². The maximum absolute atomic E-state index is 6.23. The van der Waals surface area contributed by atoms with Crippen molar-refractivity contribution in [1.82, 2.24) is 0 Å². The number of rotatable bonds is 1. The summed E-state index contributed by atoms with van der Waals surface area (Å²) in [6.07, 6.45) is 0. The van der Waals surface area contributed by atoms with Crippen LogP contribution < -0.4 is 11.5 Å². The number of anilines is 2. The van der Waals surface area contributed by atoms with Crippen molar-refractivity contribution in [2.45, 2.75) is 20.8 Å². The third-order valence-corrected chi connectivity index (χ3v) is 3.48. The minimum atomic E-state index is 0.834. The van der Waals surface area contributed by atoms with Crippen molar-refractivity contribution in [3.63, 3.8) is 0 Å². The van der Waals surface area contributed by atoms with Crippen LogP contribution in [-0.4, -0.2) is 0 Å². The Labute approximate surface area is 102 Å². The summed E-state index contributed by atoms with van der Waals surface area (Å²) in [6, 6.07) is 10.2. The smallest absolute Gasteiger partial charge is 0.0430 e. The van der Waals surface area contributed by atoms with E-state index in [9.17, 15) is 0 Å². The fourth-order valence-corrected chi connectivity index (χ4v) is 2.19. The van der Waals surface area contributed by atoms with Gasteiger partial charge in [-0.1, -0.05) is 30.3 Å². The van der Waals surface area contributed by atoms with Gasteiger partial charge in [0.1, 0.15) is 0 Å². The maximum Gasteiger partial charge on any atom is 0.0430 e. The van der Waals surface area contributed by atoms with E-state index in [2.05, 4.69) is 12.1 Å². The molecule has 0 saturated heterocycles. The lowest BCUT2D eigenvalue weighted by atomic mass is 9.91. The molecule has 0 aliphatic heterocycles. The molecule has 0 bridgehead atoms. The second-order valence-corrected chi connectivity index (χ2v) is 4.44. The average Bonchev–Trinajstić information content (AvgIpc) is 2.36. The minimum Gasteiger partial charge on any atom is -0.398 e.